The van der Waals surface area contributed by atoms with E-state index in [9.17, 15) is 18.0 Å². The Balaban J connectivity index is 1.68. The second-order valence-corrected chi connectivity index (χ2v) is 6.71. The summed E-state index contributed by atoms with van der Waals surface area (Å²) in [6, 6.07) is 8.70. The molecule has 9 heteroatoms. The summed E-state index contributed by atoms with van der Waals surface area (Å²) in [5.41, 5.74) is 0.724. The lowest BCUT2D eigenvalue weighted by Gasteiger charge is -2.18. The van der Waals surface area contributed by atoms with Crippen molar-refractivity contribution in [2.75, 3.05) is 23.8 Å². The molecule has 0 spiro atoms. The molecule has 0 saturated carbocycles. The zero-order valence-electron chi connectivity index (χ0n) is 13.8. The quantitative estimate of drug-likeness (QED) is 0.757. The Morgan fingerprint density at radius 2 is 2.00 bits per heavy atom. The fraction of sp³-hybridized carbons (Fsp3) is 0.235. The van der Waals surface area contributed by atoms with E-state index in [1.54, 1.807) is 23.2 Å². The Hall–Kier alpha value is -2.60. The summed E-state index contributed by atoms with van der Waals surface area (Å²) in [6.45, 7) is 0.958. The van der Waals surface area contributed by atoms with Crippen LogP contribution < -0.4 is 15.9 Å². The molecule has 2 amide bonds. The number of benzene rings is 1. The van der Waals surface area contributed by atoms with Crippen LogP contribution in [0.15, 0.2) is 42.6 Å². The minimum Gasteiger partial charge on any atom is -0.352 e. The van der Waals surface area contributed by atoms with Crippen molar-refractivity contribution in [3.63, 3.8) is 0 Å². The minimum absolute atomic E-state index is 0.0444. The summed E-state index contributed by atoms with van der Waals surface area (Å²) in [6.07, 6.45) is 2.91. The van der Waals surface area contributed by atoms with E-state index in [4.69, 9.17) is 0 Å². The first-order chi connectivity index (χ1) is 12.5. The Kier molecular flexibility index (Phi) is 5.73. The van der Waals surface area contributed by atoms with Gasteiger partial charge in [-0.15, -0.1) is 0 Å². The molecule has 1 aromatic heterocycles. The van der Waals surface area contributed by atoms with Gasteiger partial charge in [-0.1, -0.05) is 0 Å². The minimum atomic E-state index is -3.16. The van der Waals surface area contributed by atoms with Gasteiger partial charge >= 0.3 is 0 Å². The number of carbonyl (C=O) groups is 2. The number of rotatable bonds is 6. The van der Waals surface area contributed by atoms with Crippen molar-refractivity contribution in [2.45, 2.75) is 12.8 Å². The summed E-state index contributed by atoms with van der Waals surface area (Å²) < 4.78 is 25.3. The molecule has 0 bridgehead atoms. The highest BCUT2D eigenvalue weighted by Crippen LogP contribution is 2.37. The van der Waals surface area contributed by atoms with Gasteiger partial charge in [-0.25, -0.2) is 4.98 Å². The maximum atomic E-state index is 12.7. The standard InChI is InChI=1S/C17H17F2N4O2P/c18-26(19)13-7-5-12(6-8-13)22-17(25)14-3-1-9-20-16(14)21-11-23-10-2-4-15(23)24/h1,3,5-9H,2,4,10-11H2,(H,20,21)(H,22,25). The fourth-order valence-corrected chi connectivity index (χ4v) is 3.00. The number of halogens is 2. The van der Waals surface area contributed by atoms with Crippen LogP contribution in [-0.2, 0) is 4.79 Å². The van der Waals surface area contributed by atoms with Crippen LogP contribution in [0.2, 0.25) is 0 Å². The Morgan fingerprint density at radius 1 is 1.23 bits per heavy atom. The van der Waals surface area contributed by atoms with Crippen LogP contribution in [-0.4, -0.2) is 34.9 Å². The van der Waals surface area contributed by atoms with Crippen LogP contribution in [0.5, 0.6) is 0 Å². The number of pyridine rings is 1. The van der Waals surface area contributed by atoms with E-state index >= 15 is 0 Å². The summed E-state index contributed by atoms with van der Waals surface area (Å²) in [5.74, 6) is 0.0152. The number of amides is 2. The van der Waals surface area contributed by atoms with Crippen molar-refractivity contribution in [1.29, 1.82) is 0 Å². The molecule has 1 aliphatic rings. The molecule has 2 aromatic rings. The molecule has 3 rings (SSSR count). The average molecular weight is 378 g/mol. The molecular weight excluding hydrogens is 361 g/mol. The van der Waals surface area contributed by atoms with Crippen molar-refractivity contribution in [3.05, 3.63) is 48.2 Å². The predicted octanol–water partition coefficient (Wildman–Crippen LogP) is 3.20. The second-order valence-electron chi connectivity index (χ2n) is 5.73. The molecular formula is C17H17F2N4O2P. The molecule has 2 heterocycles. The molecule has 0 radical (unpaired) electrons. The number of hydrogen-bond acceptors (Lipinski definition) is 4. The number of nitrogens with zero attached hydrogens (tertiary/aromatic N) is 2. The van der Waals surface area contributed by atoms with Gasteiger partial charge in [0.2, 0.25) is 5.91 Å². The van der Waals surface area contributed by atoms with E-state index in [1.807, 2.05) is 0 Å². The van der Waals surface area contributed by atoms with Crippen molar-refractivity contribution >= 4 is 37.2 Å². The maximum absolute atomic E-state index is 12.7. The third-order valence-corrected chi connectivity index (χ3v) is 4.67. The highest BCUT2D eigenvalue weighted by atomic mass is 31.2. The molecule has 1 fully saturated rings. The van der Waals surface area contributed by atoms with Crippen LogP contribution in [0, 0.1) is 0 Å². The van der Waals surface area contributed by atoms with Gasteiger partial charge in [-0.2, -0.15) is 8.39 Å². The van der Waals surface area contributed by atoms with Gasteiger partial charge in [0.15, 0.2) is 0 Å². The monoisotopic (exact) mass is 378 g/mol. The van der Waals surface area contributed by atoms with Crippen LogP contribution >= 0.6 is 8.54 Å². The molecule has 1 saturated heterocycles. The lowest BCUT2D eigenvalue weighted by molar-refractivity contribution is -0.127. The van der Waals surface area contributed by atoms with Gasteiger partial charge in [-0.05, 0) is 42.8 Å². The van der Waals surface area contributed by atoms with Crippen LogP contribution in [0.4, 0.5) is 19.9 Å². The van der Waals surface area contributed by atoms with E-state index in [0.29, 0.717) is 30.0 Å². The van der Waals surface area contributed by atoms with E-state index < -0.39 is 14.5 Å². The Morgan fingerprint density at radius 3 is 2.65 bits per heavy atom. The summed E-state index contributed by atoms with van der Waals surface area (Å²) >= 11 is 0. The molecule has 136 valence electrons. The highest BCUT2D eigenvalue weighted by molar-refractivity contribution is 7.55. The molecule has 0 aliphatic carbocycles. The smallest absolute Gasteiger partial charge is 0.298 e. The van der Waals surface area contributed by atoms with Gasteiger partial charge < -0.3 is 15.5 Å². The van der Waals surface area contributed by atoms with Crippen molar-refractivity contribution in [2.24, 2.45) is 0 Å². The first-order valence-corrected chi connectivity index (χ1v) is 9.16. The van der Waals surface area contributed by atoms with Gasteiger partial charge in [0.1, 0.15) is 5.82 Å². The highest BCUT2D eigenvalue weighted by Gasteiger charge is 2.20. The van der Waals surface area contributed by atoms with Crippen LogP contribution in [0.1, 0.15) is 23.2 Å². The zero-order chi connectivity index (χ0) is 18.5. The molecule has 1 aromatic carbocycles. The van der Waals surface area contributed by atoms with E-state index in [2.05, 4.69) is 15.6 Å². The van der Waals surface area contributed by atoms with Crippen LogP contribution in [0.3, 0.4) is 0 Å². The van der Waals surface area contributed by atoms with Crippen LogP contribution in [0.25, 0.3) is 0 Å². The second kappa shape index (κ2) is 8.19. The molecule has 6 nitrogen and oxygen atoms in total. The van der Waals surface area contributed by atoms with E-state index in [0.717, 1.165) is 6.42 Å². The number of hydrogen-bond donors (Lipinski definition) is 2. The normalized spacial score (nSPS) is 14.0. The maximum Gasteiger partial charge on any atom is 0.298 e. The Bertz CT molecular complexity index is 802. The number of aromatic nitrogens is 1. The number of nitrogens with one attached hydrogen (secondary N) is 2. The molecule has 26 heavy (non-hydrogen) atoms. The SMILES string of the molecule is O=C(Nc1ccc(P(F)F)cc1)c1cccnc1NCN1CCCC1=O. The molecule has 2 N–H and O–H groups in total. The summed E-state index contributed by atoms with van der Waals surface area (Å²) in [7, 11) is -3.16. The van der Waals surface area contributed by atoms with Gasteiger partial charge in [-0.3, -0.25) is 9.59 Å². The van der Waals surface area contributed by atoms with Gasteiger partial charge in [0.05, 0.1) is 12.2 Å². The van der Waals surface area contributed by atoms with Gasteiger partial charge in [0.25, 0.3) is 14.5 Å². The number of likely N-dealkylation sites (tertiary alicyclic amines) is 1. The fourth-order valence-electron chi connectivity index (χ4n) is 2.63. The van der Waals surface area contributed by atoms with E-state index in [1.165, 1.54) is 24.3 Å². The van der Waals surface area contributed by atoms with Crippen molar-refractivity contribution < 1.29 is 18.0 Å². The third-order valence-electron chi connectivity index (χ3n) is 3.98. The number of anilines is 2. The predicted molar refractivity (Wildman–Crippen MR) is 96.8 cm³/mol. The zero-order valence-corrected chi connectivity index (χ0v) is 14.7. The number of carbonyl (C=O) groups excluding carboxylic acids is 2. The average Bonchev–Trinajstić information content (AvgIpc) is 3.05. The Labute approximate surface area is 150 Å². The molecule has 0 unspecified atom stereocenters. The lowest BCUT2D eigenvalue weighted by atomic mass is 10.2. The van der Waals surface area contributed by atoms with E-state index in [-0.39, 0.29) is 17.9 Å². The lowest BCUT2D eigenvalue weighted by Crippen LogP contribution is -2.31. The first-order valence-electron chi connectivity index (χ1n) is 8.04. The van der Waals surface area contributed by atoms with Crippen molar-refractivity contribution in [3.8, 4) is 0 Å². The first kappa shape index (κ1) is 18.2. The molecule has 1 aliphatic heterocycles. The van der Waals surface area contributed by atoms with Crippen molar-refractivity contribution in [1.82, 2.24) is 9.88 Å². The third kappa shape index (κ3) is 4.32. The molecule has 0 atom stereocenters. The summed E-state index contributed by atoms with van der Waals surface area (Å²) in [4.78, 5) is 30.0. The largest absolute Gasteiger partial charge is 0.352 e. The summed E-state index contributed by atoms with van der Waals surface area (Å²) in [5, 5.41) is 5.63. The van der Waals surface area contributed by atoms with Gasteiger partial charge in [0, 0.05) is 30.2 Å². The topological polar surface area (TPSA) is 74.3 Å².